The minimum Gasteiger partial charge on any atom is -0.508 e. The molecule has 0 aliphatic rings. The topological polar surface area (TPSA) is 82.5 Å². The Hall–Kier alpha value is -2.27. The Morgan fingerprint density at radius 3 is 2.67 bits per heavy atom. The first-order chi connectivity index (χ1) is 8.56. The molecule has 5 nitrogen and oxygen atoms in total. The van der Waals surface area contributed by atoms with Crippen molar-refractivity contribution in [2.45, 2.75) is 0 Å². The molecule has 0 spiro atoms. The molecule has 0 aliphatic heterocycles. The number of nitrogens with zero attached hydrogens (tertiary/aromatic N) is 1. The van der Waals surface area contributed by atoms with Crippen molar-refractivity contribution in [1.29, 1.82) is 0 Å². The van der Waals surface area contributed by atoms with Crippen LogP contribution in [0.1, 0.15) is 10.4 Å². The van der Waals surface area contributed by atoms with Crippen molar-refractivity contribution >= 4 is 23.2 Å². The zero-order valence-electron chi connectivity index (χ0n) is 9.09. The average Bonchev–Trinajstić information content (AvgIpc) is 2.35. The summed E-state index contributed by atoms with van der Waals surface area (Å²) >= 11 is 5.61. The van der Waals surface area contributed by atoms with Gasteiger partial charge in [-0.1, -0.05) is 11.6 Å². The Bertz CT molecular complexity index is 584. The summed E-state index contributed by atoms with van der Waals surface area (Å²) < 4.78 is 0. The molecule has 0 fully saturated rings. The molecule has 0 radical (unpaired) electrons. The molecule has 0 unspecified atom stereocenters. The van der Waals surface area contributed by atoms with Gasteiger partial charge in [0.1, 0.15) is 16.7 Å². The Labute approximate surface area is 108 Å². The van der Waals surface area contributed by atoms with E-state index in [0.29, 0.717) is 10.8 Å². The fraction of sp³-hybridized carbons (Fsp3) is 0. The first-order valence-corrected chi connectivity index (χ1v) is 5.39. The third kappa shape index (κ3) is 2.70. The lowest BCUT2D eigenvalue weighted by molar-refractivity contribution is 0.102. The van der Waals surface area contributed by atoms with Gasteiger partial charge in [0.25, 0.3) is 5.91 Å². The molecule has 0 atom stereocenters. The van der Waals surface area contributed by atoms with Crippen LogP contribution >= 0.6 is 11.6 Å². The van der Waals surface area contributed by atoms with E-state index >= 15 is 0 Å². The summed E-state index contributed by atoms with van der Waals surface area (Å²) in [5.41, 5.74) is 0.414. The third-order valence-corrected chi connectivity index (χ3v) is 2.43. The van der Waals surface area contributed by atoms with Crippen LogP contribution in [0.3, 0.4) is 0 Å². The molecular formula is C12H9ClN2O3. The maximum Gasteiger partial charge on any atom is 0.259 e. The monoisotopic (exact) mass is 264 g/mol. The summed E-state index contributed by atoms with van der Waals surface area (Å²) in [6.07, 6.45) is 1.39. The highest BCUT2D eigenvalue weighted by molar-refractivity contribution is 6.29. The van der Waals surface area contributed by atoms with Gasteiger partial charge in [-0.3, -0.25) is 4.79 Å². The number of hydrogen-bond acceptors (Lipinski definition) is 4. The van der Waals surface area contributed by atoms with Crippen LogP contribution in [0.15, 0.2) is 36.5 Å². The highest BCUT2D eigenvalue weighted by Crippen LogP contribution is 2.23. The molecular weight excluding hydrogens is 256 g/mol. The molecule has 0 bridgehead atoms. The molecule has 1 heterocycles. The van der Waals surface area contributed by atoms with E-state index in [-0.39, 0.29) is 17.1 Å². The van der Waals surface area contributed by atoms with E-state index in [1.807, 2.05) is 0 Å². The Morgan fingerprint density at radius 1 is 1.22 bits per heavy atom. The van der Waals surface area contributed by atoms with Crippen LogP contribution < -0.4 is 5.32 Å². The van der Waals surface area contributed by atoms with Crippen molar-refractivity contribution in [3.05, 3.63) is 47.2 Å². The second-order valence-corrected chi connectivity index (χ2v) is 3.91. The second kappa shape index (κ2) is 4.93. The maximum absolute atomic E-state index is 11.8. The van der Waals surface area contributed by atoms with Gasteiger partial charge in [-0.15, -0.1) is 0 Å². The number of aromatic nitrogens is 1. The van der Waals surface area contributed by atoms with E-state index in [4.69, 9.17) is 11.6 Å². The molecule has 3 N–H and O–H groups in total. The number of rotatable bonds is 2. The number of amides is 1. The lowest BCUT2D eigenvalue weighted by Crippen LogP contribution is -2.12. The summed E-state index contributed by atoms with van der Waals surface area (Å²) in [6, 6.07) is 6.81. The highest BCUT2D eigenvalue weighted by atomic mass is 35.5. The van der Waals surface area contributed by atoms with E-state index in [0.717, 1.165) is 0 Å². The number of carbonyl (C=O) groups excluding carboxylic acids is 1. The number of nitrogens with one attached hydrogen (secondary N) is 1. The van der Waals surface area contributed by atoms with Gasteiger partial charge in [0.15, 0.2) is 0 Å². The number of pyridine rings is 1. The van der Waals surface area contributed by atoms with E-state index in [1.54, 1.807) is 6.07 Å². The Morgan fingerprint density at radius 2 is 2.00 bits per heavy atom. The van der Waals surface area contributed by atoms with Gasteiger partial charge in [0, 0.05) is 0 Å². The number of halogens is 1. The van der Waals surface area contributed by atoms with Crippen molar-refractivity contribution in [3.63, 3.8) is 0 Å². The minimum atomic E-state index is -0.549. The van der Waals surface area contributed by atoms with Crippen molar-refractivity contribution in [2.75, 3.05) is 5.32 Å². The van der Waals surface area contributed by atoms with Crippen molar-refractivity contribution in [2.24, 2.45) is 0 Å². The largest absolute Gasteiger partial charge is 0.508 e. The fourth-order valence-electron chi connectivity index (χ4n) is 1.35. The summed E-state index contributed by atoms with van der Waals surface area (Å²) in [4.78, 5) is 15.6. The van der Waals surface area contributed by atoms with Crippen molar-refractivity contribution < 1.29 is 15.0 Å². The molecule has 92 valence electrons. The normalized spacial score (nSPS) is 10.1. The molecule has 2 aromatic rings. The smallest absolute Gasteiger partial charge is 0.259 e. The van der Waals surface area contributed by atoms with E-state index < -0.39 is 5.91 Å². The van der Waals surface area contributed by atoms with E-state index in [9.17, 15) is 15.0 Å². The first-order valence-electron chi connectivity index (χ1n) is 5.01. The molecule has 1 aromatic heterocycles. The number of anilines is 1. The number of carbonyl (C=O) groups is 1. The number of phenols is 2. The van der Waals surface area contributed by atoms with Crippen LogP contribution in [-0.4, -0.2) is 21.1 Å². The minimum absolute atomic E-state index is 0.0232. The van der Waals surface area contributed by atoms with Crippen LogP contribution in [0, 0.1) is 0 Å². The summed E-state index contributed by atoms with van der Waals surface area (Å²) in [5, 5.41) is 21.6. The van der Waals surface area contributed by atoms with Gasteiger partial charge in [0.05, 0.1) is 17.4 Å². The summed E-state index contributed by atoms with van der Waals surface area (Å²) in [7, 11) is 0. The van der Waals surface area contributed by atoms with Gasteiger partial charge in [-0.05, 0) is 30.3 Å². The van der Waals surface area contributed by atoms with Crippen molar-refractivity contribution in [1.82, 2.24) is 4.98 Å². The molecule has 1 amide bonds. The van der Waals surface area contributed by atoms with Gasteiger partial charge < -0.3 is 15.5 Å². The molecule has 0 aliphatic carbocycles. The molecule has 2 rings (SSSR count). The molecule has 0 saturated heterocycles. The number of phenolic OH excluding ortho intramolecular Hbond substituents is 2. The van der Waals surface area contributed by atoms with Crippen LogP contribution in [0.5, 0.6) is 11.5 Å². The summed E-state index contributed by atoms with van der Waals surface area (Å²) in [6.45, 7) is 0. The number of aromatic hydroxyl groups is 2. The fourth-order valence-corrected chi connectivity index (χ4v) is 1.47. The van der Waals surface area contributed by atoms with Gasteiger partial charge in [-0.2, -0.15) is 0 Å². The predicted octanol–water partition coefficient (Wildman–Crippen LogP) is 2.40. The lowest BCUT2D eigenvalue weighted by atomic mass is 10.1. The van der Waals surface area contributed by atoms with E-state index in [1.165, 1.54) is 30.5 Å². The average molecular weight is 265 g/mol. The second-order valence-electron chi connectivity index (χ2n) is 3.53. The maximum atomic E-state index is 11.8. The van der Waals surface area contributed by atoms with Crippen LogP contribution in [0.2, 0.25) is 5.15 Å². The summed E-state index contributed by atoms with van der Waals surface area (Å²) in [5.74, 6) is -0.869. The predicted molar refractivity (Wildman–Crippen MR) is 67.0 cm³/mol. The standard InChI is InChI=1S/C12H9ClN2O3/c13-11-4-1-7(6-14-11)15-12(18)9-5-8(16)2-3-10(9)17/h1-6,16-17H,(H,15,18). The number of benzene rings is 1. The molecule has 0 saturated carbocycles. The molecule has 6 heteroatoms. The first kappa shape index (κ1) is 12.2. The molecule has 18 heavy (non-hydrogen) atoms. The third-order valence-electron chi connectivity index (χ3n) is 2.21. The van der Waals surface area contributed by atoms with Crippen LogP contribution in [-0.2, 0) is 0 Å². The quantitative estimate of drug-likeness (QED) is 0.575. The van der Waals surface area contributed by atoms with Gasteiger partial charge in [0.2, 0.25) is 0 Å². The van der Waals surface area contributed by atoms with Crippen LogP contribution in [0.4, 0.5) is 5.69 Å². The Kier molecular flexibility index (Phi) is 3.34. The van der Waals surface area contributed by atoms with E-state index in [2.05, 4.69) is 10.3 Å². The van der Waals surface area contributed by atoms with Gasteiger partial charge >= 0.3 is 0 Å². The zero-order chi connectivity index (χ0) is 13.1. The van der Waals surface area contributed by atoms with Crippen molar-refractivity contribution in [3.8, 4) is 11.5 Å². The highest BCUT2D eigenvalue weighted by Gasteiger charge is 2.12. The van der Waals surface area contributed by atoms with Gasteiger partial charge in [-0.25, -0.2) is 4.98 Å². The lowest BCUT2D eigenvalue weighted by Gasteiger charge is -2.06. The molecule has 1 aromatic carbocycles. The SMILES string of the molecule is O=C(Nc1ccc(Cl)nc1)c1cc(O)ccc1O. The Balaban J connectivity index is 2.21. The zero-order valence-corrected chi connectivity index (χ0v) is 9.85. The van der Waals surface area contributed by atoms with Crippen LogP contribution in [0.25, 0.3) is 0 Å². The number of hydrogen-bond donors (Lipinski definition) is 3.